The third kappa shape index (κ3) is 4.35. The maximum absolute atomic E-state index is 5.60. The number of hydrogen-bond acceptors (Lipinski definition) is 5. The van der Waals surface area contributed by atoms with Crippen molar-refractivity contribution >= 4 is 23.5 Å². The molecular weight excluding hydrogens is 334 g/mol. The lowest BCUT2D eigenvalue weighted by molar-refractivity contribution is 0.0474. The average Bonchev–Trinajstić information content (AvgIpc) is 3.26. The summed E-state index contributed by atoms with van der Waals surface area (Å²) in [5, 5.41) is 7.70. The molecule has 0 bridgehead atoms. The Morgan fingerprint density at radius 1 is 1.20 bits per heavy atom. The normalized spacial score (nSPS) is 11.5. The molecule has 0 aliphatic carbocycles. The molecule has 0 aliphatic heterocycles. The zero-order valence-corrected chi connectivity index (χ0v) is 15.4. The summed E-state index contributed by atoms with van der Waals surface area (Å²) >= 11 is 1.68. The van der Waals surface area contributed by atoms with E-state index in [0.717, 1.165) is 22.0 Å². The van der Waals surface area contributed by atoms with Gasteiger partial charge in [0.25, 0.3) is 0 Å². The van der Waals surface area contributed by atoms with Crippen LogP contribution in [0, 0.1) is 0 Å². The molecule has 5 nitrogen and oxygen atoms in total. The van der Waals surface area contributed by atoms with E-state index in [1.54, 1.807) is 23.1 Å². The Labute approximate surface area is 151 Å². The Morgan fingerprint density at radius 2 is 2.00 bits per heavy atom. The van der Waals surface area contributed by atoms with Gasteiger partial charge >= 0.3 is 0 Å². The van der Waals surface area contributed by atoms with Crippen molar-refractivity contribution in [2.75, 3.05) is 13.9 Å². The fourth-order valence-electron chi connectivity index (χ4n) is 2.24. The molecule has 0 aliphatic rings. The van der Waals surface area contributed by atoms with E-state index >= 15 is 0 Å². The molecule has 0 saturated heterocycles. The van der Waals surface area contributed by atoms with Crippen LogP contribution in [-0.2, 0) is 4.74 Å². The Hall–Kier alpha value is -2.44. The van der Waals surface area contributed by atoms with Gasteiger partial charge in [-0.3, -0.25) is 0 Å². The highest BCUT2D eigenvalue weighted by Crippen LogP contribution is 2.24. The Bertz CT molecular complexity index is 837. The van der Waals surface area contributed by atoms with E-state index in [1.165, 1.54) is 0 Å². The second-order valence-corrected chi connectivity index (χ2v) is 6.71. The zero-order valence-electron chi connectivity index (χ0n) is 14.5. The predicted molar refractivity (Wildman–Crippen MR) is 101 cm³/mol. The topological polar surface area (TPSA) is 49.2 Å². The van der Waals surface area contributed by atoms with Crippen LogP contribution < -0.4 is 4.74 Å². The molecule has 2 aromatic heterocycles. The summed E-state index contributed by atoms with van der Waals surface area (Å²) < 4.78 is 12.4. The number of benzene rings is 1. The molecule has 0 unspecified atom stereocenters. The number of aromatic nitrogens is 3. The first-order chi connectivity index (χ1) is 12.2. The van der Waals surface area contributed by atoms with Crippen molar-refractivity contribution in [2.45, 2.75) is 19.8 Å². The molecular formula is C19H21N3O2S. The zero-order chi connectivity index (χ0) is 17.6. The molecule has 1 aromatic carbocycles. The second-order valence-electron chi connectivity index (χ2n) is 5.82. The van der Waals surface area contributed by atoms with Crippen molar-refractivity contribution in [3.8, 4) is 11.6 Å². The molecule has 3 rings (SSSR count). The van der Waals surface area contributed by atoms with Gasteiger partial charge in [-0.1, -0.05) is 32.0 Å². The SMILES string of the molecule is COCOc1nn(-c2ccccc2)cc1/C=C/c1csc(C(C)C)n1. The summed E-state index contributed by atoms with van der Waals surface area (Å²) in [6.07, 6.45) is 5.89. The van der Waals surface area contributed by atoms with Crippen LogP contribution in [0.2, 0.25) is 0 Å². The first-order valence-electron chi connectivity index (χ1n) is 8.07. The molecule has 0 N–H and O–H groups in total. The summed E-state index contributed by atoms with van der Waals surface area (Å²) in [5.41, 5.74) is 2.79. The number of thiazole rings is 1. The smallest absolute Gasteiger partial charge is 0.242 e. The maximum Gasteiger partial charge on any atom is 0.242 e. The van der Waals surface area contributed by atoms with Gasteiger partial charge in [0.2, 0.25) is 5.88 Å². The molecule has 0 spiro atoms. The van der Waals surface area contributed by atoms with Gasteiger partial charge in [-0.25, -0.2) is 9.67 Å². The van der Waals surface area contributed by atoms with Crippen LogP contribution in [0.15, 0.2) is 41.9 Å². The van der Waals surface area contributed by atoms with E-state index in [-0.39, 0.29) is 6.79 Å². The molecule has 0 saturated carbocycles. The summed E-state index contributed by atoms with van der Waals surface area (Å²) in [5.74, 6) is 0.967. The van der Waals surface area contributed by atoms with Crippen molar-refractivity contribution in [1.29, 1.82) is 0 Å². The van der Waals surface area contributed by atoms with Gasteiger partial charge in [-0.2, -0.15) is 0 Å². The molecule has 130 valence electrons. The molecule has 0 amide bonds. The van der Waals surface area contributed by atoms with Gasteiger partial charge in [0.1, 0.15) is 0 Å². The van der Waals surface area contributed by atoms with Gasteiger partial charge in [-0.05, 0) is 24.3 Å². The summed E-state index contributed by atoms with van der Waals surface area (Å²) in [7, 11) is 1.59. The Balaban J connectivity index is 1.87. The van der Waals surface area contributed by atoms with Crippen LogP contribution >= 0.6 is 11.3 Å². The third-order valence-corrected chi connectivity index (χ3v) is 4.67. The van der Waals surface area contributed by atoms with Crippen molar-refractivity contribution in [1.82, 2.24) is 14.8 Å². The largest absolute Gasteiger partial charge is 0.449 e. The third-order valence-electron chi connectivity index (χ3n) is 3.51. The number of ether oxygens (including phenoxy) is 2. The standard InChI is InChI=1S/C19H21N3O2S/c1-14(2)19-20-16(12-25-19)10-9-15-11-22(17-7-5-4-6-8-17)21-18(15)24-13-23-3/h4-12,14H,13H2,1-3H3/b10-9+. The highest BCUT2D eigenvalue weighted by molar-refractivity contribution is 7.09. The summed E-state index contributed by atoms with van der Waals surface area (Å²) in [6, 6.07) is 9.92. The minimum atomic E-state index is 0.154. The average molecular weight is 355 g/mol. The van der Waals surface area contributed by atoms with Gasteiger partial charge in [0.05, 0.1) is 22.0 Å². The number of nitrogens with zero attached hydrogens (tertiary/aromatic N) is 3. The lowest BCUT2D eigenvalue weighted by Crippen LogP contribution is -2.01. The van der Waals surface area contributed by atoms with Gasteiger partial charge in [0.15, 0.2) is 6.79 Å². The van der Waals surface area contributed by atoms with Gasteiger partial charge in [0, 0.05) is 24.6 Å². The highest BCUT2D eigenvalue weighted by Gasteiger charge is 2.10. The Kier molecular flexibility index (Phi) is 5.63. The molecule has 3 aromatic rings. The van der Waals surface area contributed by atoms with Crippen LogP contribution in [0.4, 0.5) is 0 Å². The lowest BCUT2D eigenvalue weighted by atomic mass is 10.2. The van der Waals surface area contributed by atoms with Crippen LogP contribution in [-0.4, -0.2) is 28.7 Å². The van der Waals surface area contributed by atoms with Crippen LogP contribution in [0.25, 0.3) is 17.8 Å². The number of methoxy groups -OCH3 is 1. The first-order valence-corrected chi connectivity index (χ1v) is 8.95. The monoisotopic (exact) mass is 355 g/mol. The summed E-state index contributed by atoms with van der Waals surface area (Å²) in [4.78, 5) is 4.62. The Morgan fingerprint density at radius 3 is 2.68 bits per heavy atom. The van der Waals surface area contributed by atoms with Crippen LogP contribution in [0.3, 0.4) is 0 Å². The van der Waals surface area contributed by atoms with E-state index in [9.17, 15) is 0 Å². The molecule has 25 heavy (non-hydrogen) atoms. The lowest BCUT2D eigenvalue weighted by Gasteiger charge is -2.01. The molecule has 0 atom stereocenters. The van der Waals surface area contributed by atoms with E-state index in [1.807, 2.05) is 48.7 Å². The van der Waals surface area contributed by atoms with Gasteiger partial charge < -0.3 is 9.47 Å². The highest BCUT2D eigenvalue weighted by atomic mass is 32.1. The van der Waals surface area contributed by atoms with Gasteiger partial charge in [-0.15, -0.1) is 16.4 Å². The van der Waals surface area contributed by atoms with E-state index in [4.69, 9.17) is 9.47 Å². The predicted octanol–water partition coefficient (Wildman–Crippen LogP) is 4.61. The van der Waals surface area contributed by atoms with Crippen molar-refractivity contribution < 1.29 is 9.47 Å². The van der Waals surface area contributed by atoms with Crippen molar-refractivity contribution in [2.24, 2.45) is 0 Å². The molecule has 2 heterocycles. The fraction of sp³-hybridized carbons (Fsp3) is 0.263. The first kappa shape index (κ1) is 17.4. The molecule has 0 fully saturated rings. The van der Waals surface area contributed by atoms with E-state index in [0.29, 0.717) is 11.8 Å². The van der Waals surface area contributed by atoms with Crippen molar-refractivity contribution in [3.05, 3.63) is 58.2 Å². The van der Waals surface area contributed by atoms with Crippen LogP contribution in [0.1, 0.15) is 36.0 Å². The molecule has 0 radical (unpaired) electrons. The number of para-hydroxylation sites is 1. The van der Waals surface area contributed by atoms with Crippen LogP contribution in [0.5, 0.6) is 5.88 Å². The number of rotatable bonds is 7. The van der Waals surface area contributed by atoms with Crippen molar-refractivity contribution in [3.63, 3.8) is 0 Å². The van der Waals surface area contributed by atoms with E-state index < -0.39 is 0 Å². The fourth-order valence-corrected chi connectivity index (χ4v) is 3.05. The molecule has 6 heteroatoms. The second kappa shape index (κ2) is 8.09. The maximum atomic E-state index is 5.60. The quantitative estimate of drug-likeness (QED) is 0.581. The summed E-state index contributed by atoms with van der Waals surface area (Å²) in [6.45, 7) is 4.45. The minimum Gasteiger partial charge on any atom is -0.449 e. The van der Waals surface area contributed by atoms with E-state index in [2.05, 4.69) is 29.3 Å². The minimum absolute atomic E-state index is 0.154. The number of hydrogen-bond donors (Lipinski definition) is 0.